The maximum absolute atomic E-state index is 12.3. The number of nitro groups is 1. The number of nitro benzene ring substituents is 1. The molecule has 10 heteroatoms. The summed E-state index contributed by atoms with van der Waals surface area (Å²) in [5, 5.41) is 21.8. The van der Waals surface area contributed by atoms with Gasteiger partial charge in [0, 0.05) is 39.1 Å². The van der Waals surface area contributed by atoms with Gasteiger partial charge in [0.1, 0.15) is 10.0 Å². The van der Waals surface area contributed by atoms with Crippen LogP contribution in [0.5, 0.6) is 0 Å². The molecule has 1 fully saturated rings. The number of carbonyl (C=O) groups is 2. The van der Waals surface area contributed by atoms with Crippen LogP contribution >= 0.6 is 24.0 Å². The van der Waals surface area contributed by atoms with Crippen LogP contribution in [-0.4, -0.2) is 46.7 Å². The number of carbonyl (C=O) groups excluding carboxylic acids is 2. The molecule has 25 heavy (non-hydrogen) atoms. The van der Waals surface area contributed by atoms with E-state index in [0.29, 0.717) is 11.3 Å². The first-order valence-electron chi connectivity index (χ1n) is 7.11. The molecule has 0 bridgehead atoms. The van der Waals surface area contributed by atoms with Crippen molar-refractivity contribution >= 4 is 57.6 Å². The fraction of sp³-hybridized carbons (Fsp3) is 0.267. The van der Waals surface area contributed by atoms with Crippen molar-refractivity contribution in [2.75, 3.05) is 25.5 Å². The molecular weight excluding hydrogens is 366 g/mol. The number of carboxylic acid groups (broad SMARTS) is 1. The fourth-order valence-corrected chi connectivity index (χ4v) is 3.51. The second-order valence-corrected chi connectivity index (χ2v) is 7.03. The molecule has 2 rings (SSSR count). The van der Waals surface area contributed by atoms with Crippen molar-refractivity contribution in [2.45, 2.75) is 6.42 Å². The van der Waals surface area contributed by atoms with Gasteiger partial charge in [0.25, 0.3) is 11.6 Å². The Morgan fingerprint density at radius 1 is 1.44 bits per heavy atom. The number of nitrogens with zero attached hydrogens (tertiary/aromatic N) is 3. The maximum atomic E-state index is 12.3. The van der Waals surface area contributed by atoms with Crippen LogP contribution in [0.2, 0.25) is 0 Å². The number of hydrogen-bond acceptors (Lipinski definition) is 8. The predicted molar refractivity (Wildman–Crippen MR) is 96.9 cm³/mol. The average molecular weight is 380 g/mol. The highest BCUT2D eigenvalue weighted by molar-refractivity contribution is 8.26. The normalized spacial score (nSPS) is 15.8. The van der Waals surface area contributed by atoms with Gasteiger partial charge in [0.2, 0.25) is 0 Å². The zero-order valence-electron chi connectivity index (χ0n) is 13.4. The Bertz CT molecular complexity index is 791. The van der Waals surface area contributed by atoms with Crippen molar-refractivity contribution in [3.8, 4) is 0 Å². The number of hydrogen-bond donors (Lipinski definition) is 0. The minimum atomic E-state index is -1.27. The number of benzene rings is 1. The topological polar surface area (TPSA) is 107 Å². The largest absolute Gasteiger partial charge is 0.550 e. The van der Waals surface area contributed by atoms with E-state index in [9.17, 15) is 24.8 Å². The van der Waals surface area contributed by atoms with Crippen LogP contribution < -0.4 is 10.0 Å². The highest BCUT2D eigenvalue weighted by Gasteiger charge is 2.31. The van der Waals surface area contributed by atoms with Gasteiger partial charge < -0.3 is 14.8 Å². The maximum Gasteiger partial charge on any atom is 0.293 e. The van der Waals surface area contributed by atoms with Gasteiger partial charge in [-0.05, 0) is 17.7 Å². The number of aliphatic carboxylic acids is 1. The molecule has 0 aromatic heterocycles. The molecule has 0 saturated carbocycles. The standard InChI is InChI=1S/C15H15N3O5S2/c1-16(2)10-4-3-9(7-11(10)18(22)23)8-12-14(21)17(15(24)25-12)6-5-13(19)20/h3-4,7-8H,5-6H2,1-2H3,(H,19,20)/p-1/b12-8-. The van der Waals surface area contributed by atoms with E-state index in [1.165, 1.54) is 17.0 Å². The summed E-state index contributed by atoms with van der Waals surface area (Å²) in [5.74, 6) is -1.69. The molecule has 1 aromatic rings. The summed E-state index contributed by atoms with van der Waals surface area (Å²) >= 11 is 6.11. The SMILES string of the molecule is CN(C)c1ccc(/C=C2\SC(=S)N(CCC(=O)[O-])C2=O)cc1[N+](=O)[O-]. The van der Waals surface area contributed by atoms with Crippen molar-refractivity contribution < 1.29 is 19.6 Å². The Balaban J connectivity index is 2.30. The van der Waals surface area contributed by atoms with Gasteiger partial charge in [-0.2, -0.15) is 0 Å². The first-order chi connectivity index (χ1) is 11.7. The predicted octanol–water partition coefficient (Wildman–Crippen LogP) is 1.00. The average Bonchev–Trinajstić information content (AvgIpc) is 2.78. The van der Waals surface area contributed by atoms with Crippen LogP contribution in [0, 0.1) is 10.1 Å². The van der Waals surface area contributed by atoms with E-state index < -0.39 is 16.8 Å². The number of thioether (sulfide) groups is 1. The molecule has 1 saturated heterocycles. The van der Waals surface area contributed by atoms with E-state index >= 15 is 0 Å². The quantitative estimate of drug-likeness (QED) is 0.311. The molecule has 0 aliphatic carbocycles. The van der Waals surface area contributed by atoms with E-state index in [1.54, 1.807) is 31.1 Å². The zero-order valence-corrected chi connectivity index (χ0v) is 15.1. The molecule has 0 spiro atoms. The molecule has 1 aromatic carbocycles. The van der Waals surface area contributed by atoms with E-state index in [-0.39, 0.29) is 27.9 Å². The molecule has 0 radical (unpaired) electrons. The fourth-order valence-electron chi connectivity index (χ4n) is 2.20. The minimum Gasteiger partial charge on any atom is -0.550 e. The summed E-state index contributed by atoms with van der Waals surface area (Å²) in [6.45, 7) is -0.0654. The molecule has 1 heterocycles. The third-order valence-corrected chi connectivity index (χ3v) is 4.77. The number of amides is 1. The number of anilines is 1. The third kappa shape index (κ3) is 4.34. The van der Waals surface area contributed by atoms with Crippen LogP contribution in [-0.2, 0) is 9.59 Å². The number of carboxylic acids is 1. The van der Waals surface area contributed by atoms with Gasteiger partial charge in [-0.15, -0.1) is 0 Å². The van der Waals surface area contributed by atoms with Crippen LogP contribution in [0.15, 0.2) is 23.1 Å². The number of thiocarbonyl (C=S) groups is 1. The van der Waals surface area contributed by atoms with E-state index in [4.69, 9.17) is 12.2 Å². The Hall–Kier alpha value is -2.46. The van der Waals surface area contributed by atoms with Crippen LogP contribution in [0.25, 0.3) is 6.08 Å². The summed E-state index contributed by atoms with van der Waals surface area (Å²) in [5.41, 5.74) is 0.854. The zero-order chi connectivity index (χ0) is 18.7. The lowest BCUT2D eigenvalue weighted by molar-refractivity contribution is -0.384. The van der Waals surface area contributed by atoms with Gasteiger partial charge in [0.05, 0.1) is 9.83 Å². The van der Waals surface area contributed by atoms with Gasteiger partial charge in [-0.1, -0.05) is 30.0 Å². The van der Waals surface area contributed by atoms with Gasteiger partial charge >= 0.3 is 0 Å². The van der Waals surface area contributed by atoms with Crippen molar-refractivity contribution in [1.82, 2.24) is 4.90 Å². The molecule has 0 N–H and O–H groups in total. The Labute approximate surface area is 153 Å². The molecule has 0 unspecified atom stereocenters. The number of rotatable bonds is 6. The molecule has 1 aliphatic heterocycles. The van der Waals surface area contributed by atoms with Gasteiger partial charge in [0.15, 0.2) is 0 Å². The summed E-state index contributed by atoms with van der Waals surface area (Å²) in [4.78, 5) is 36.7. The molecule has 1 amide bonds. The Morgan fingerprint density at radius 2 is 2.12 bits per heavy atom. The van der Waals surface area contributed by atoms with Crippen LogP contribution in [0.3, 0.4) is 0 Å². The summed E-state index contributed by atoms with van der Waals surface area (Å²) in [6, 6.07) is 4.64. The third-order valence-electron chi connectivity index (χ3n) is 3.39. The van der Waals surface area contributed by atoms with Crippen molar-refractivity contribution in [3.05, 3.63) is 38.8 Å². The first-order valence-corrected chi connectivity index (χ1v) is 8.34. The second-order valence-electron chi connectivity index (χ2n) is 5.36. The van der Waals surface area contributed by atoms with Crippen molar-refractivity contribution in [2.24, 2.45) is 0 Å². The lowest BCUT2D eigenvalue weighted by Gasteiger charge is -2.14. The smallest absolute Gasteiger partial charge is 0.293 e. The lowest BCUT2D eigenvalue weighted by Crippen LogP contribution is -2.33. The summed E-state index contributed by atoms with van der Waals surface area (Å²) in [7, 11) is 3.40. The van der Waals surface area contributed by atoms with E-state index in [2.05, 4.69) is 0 Å². The van der Waals surface area contributed by atoms with Gasteiger partial charge in [-0.3, -0.25) is 19.8 Å². The van der Waals surface area contributed by atoms with Gasteiger partial charge in [-0.25, -0.2) is 0 Å². The van der Waals surface area contributed by atoms with Crippen molar-refractivity contribution in [3.63, 3.8) is 0 Å². The minimum absolute atomic E-state index is 0.0654. The monoisotopic (exact) mass is 380 g/mol. The first kappa shape index (κ1) is 18.9. The van der Waals surface area contributed by atoms with Crippen LogP contribution in [0.1, 0.15) is 12.0 Å². The molecule has 132 valence electrons. The summed E-state index contributed by atoms with van der Waals surface area (Å²) in [6.07, 6.45) is 1.19. The second kappa shape index (κ2) is 7.62. The van der Waals surface area contributed by atoms with Crippen molar-refractivity contribution in [1.29, 1.82) is 0 Å². The molecule has 0 atom stereocenters. The Morgan fingerprint density at radius 3 is 2.68 bits per heavy atom. The van der Waals surface area contributed by atoms with E-state index in [0.717, 1.165) is 11.8 Å². The Kier molecular flexibility index (Phi) is 5.75. The summed E-state index contributed by atoms with van der Waals surface area (Å²) < 4.78 is 0.247. The molecule has 8 nitrogen and oxygen atoms in total. The lowest BCUT2D eigenvalue weighted by atomic mass is 10.1. The highest BCUT2D eigenvalue weighted by atomic mass is 32.2. The molecule has 1 aliphatic rings. The highest BCUT2D eigenvalue weighted by Crippen LogP contribution is 2.34. The van der Waals surface area contributed by atoms with E-state index in [1.807, 2.05) is 0 Å². The molecular formula is C15H14N3O5S2-. The van der Waals surface area contributed by atoms with Crippen LogP contribution in [0.4, 0.5) is 11.4 Å².